The number of hydrogen-bond donors (Lipinski definition) is 1. The van der Waals surface area contributed by atoms with Gasteiger partial charge in [-0.2, -0.15) is 0 Å². The third-order valence-electron chi connectivity index (χ3n) is 4.45. The van der Waals surface area contributed by atoms with Crippen molar-refractivity contribution in [3.63, 3.8) is 0 Å². The molecule has 1 aliphatic rings. The van der Waals surface area contributed by atoms with Crippen molar-refractivity contribution in [3.8, 4) is 17.2 Å². The number of aromatic hydroxyl groups is 1. The van der Waals surface area contributed by atoms with Crippen molar-refractivity contribution in [2.75, 3.05) is 13.2 Å². The van der Waals surface area contributed by atoms with Gasteiger partial charge in [0, 0.05) is 17.2 Å². The van der Waals surface area contributed by atoms with Gasteiger partial charge < -0.3 is 19.3 Å². The van der Waals surface area contributed by atoms with E-state index >= 15 is 0 Å². The van der Waals surface area contributed by atoms with E-state index in [0.717, 1.165) is 11.1 Å². The second-order valence-corrected chi connectivity index (χ2v) is 6.21. The number of halogens is 1. The molecule has 1 saturated heterocycles. The first kappa shape index (κ1) is 18.0. The number of ether oxygens (including phenoxy) is 3. The van der Waals surface area contributed by atoms with E-state index in [1.54, 1.807) is 48.5 Å². The number of phenolic OH excluding ortho intramolecular Hbond substituents is 1. The van der Waals surface area contributed by atoms with Crippen molar-refractivity contribution in [1.82, 2.24) is 0 Å². The van der Waals surface area contributed by atoms with E-state index < -0.39 is 11.6 Å². The summed E-state index contributed by atoms with van der Waals surface area (Å²) in [5.74, 6) is -0.765. The van der Waals surface area contributed by atoms with Crippen LogP contribution in [0.5, 0.6) is 17.2 Å². The van der Waals surface area contributed by atoms with Gasteiger partial charge in [0.2, 0.25) is 11.5 Å². The Hall–Kier alpha value is -3.40. The second-order valence-electron chi connectivity index (χ2n) is 6.21. The van der Waals surface area contributed by atoms with Gasteiger partial charge in [0.15, 0.2) is 0 Å². The molecule has 0 saturated carbocycles. The zero-order chi connectivity index (χ0) is 19.6. The number of nitrogens with zero attached hydrogens (tertiary/aromatic N) is 1. The number of hydrogen-bond acceptors (Lipinski definition) is 4. The lowest BCUT2D eigenvalue weighted by molar-refractivity contribution is -0.129. The third-order valence-corrected chi connectivity index (χ3v) is 4.45. The molecule has 1 heterocycles. The molecular formula is C22H16FNO4. The van der Waals surface area contributed by atoms with Gasteiger partial charge >= 0.3 is 0 Å². The van der Waals surface area contributed by atoms with Crippen LogP contribution in [0.4, 0.5) is 10.1 Å². The van der Waals surface area contributed by atoms with Gasteiger partial charge in [-0.1, -0.05) is 0 Å². The first-order valence-corrected chi connectivity index (χ1v) is 8.63. The number of benzene rings is 3. The van der Waals surface area contributed by atoms with E-state index in [9.17, 15) is 9.50 Å². The summed E-state index contributed by atoms with van der Waals surface area (Å²) in [4.78, 5) is 3.34. The first-order valence-electron chi connectivity index (χ1n) is 8.63. The highest BCUT2D eigenvalue weighted by atomic mass is 19.1. The molecule has 6 heteroatoms. The van der Waals surface area contributed by atoms with E-state index in [4.69, 9.17) is 20.8 Å². The van der Waals surface area contributed by atoms with E-state index in [1.807, 2.05) is 0 Å². The Balaban J connectivity index is 1.64. The fourth-order valence-electron chi connectivity index (χ4n) is 3.12. The van der Waals surface area contributed by atoms with Crippen LogP contribution in [-0.2, 0) is 15.3 Å². The van der Waals surface area contributed by atoms with Gasteiger partial charge in [0.25, 0.3) is 0 Å². The summed E-state index contributed by atoms with van der Waals surface area (Å²) in [5, 5.41) is 9.55. The Labute approximate surface area is 161 Å². The van der Waals surface area contributed by atoms with Crippen molar-refractivity contribution >= 4 is 5.69 Å². The molecule has 0 bridgehead atoms. The highest BCUT2D eigenvalue weighted by Gasteiger charge is 2.40. The maximum atomic E-state index is 13.5. The largest absolute Gasteiger partial charge is 0.508 e. The minimum Gasteiger partial charge on any atom is -0.508 e. The van der Waals surface area contributed by atoms with Crippen LogP contribution in [0.25, 0.3) is 4.85 Å². The maximum Gasteiger partial charge on any atom is 0.228 e. The second kappa shape index (κ2) is 7.31. The SMILES string of the molecule is [C-]#[N+]c1ccc(F)cc1Oc1ccc(C2(c3ccc(O)cc3)OCCO2)cc1. The molecule has 0 unspecified atom stereocenters. The van der Waals surface area contributed by atoms with Gasteiger partial charge in [0.05, 0.1) is 19.8 Å². The van der Waals surface area contributed by atoms with E-state index in [0.29, 0.717) is 19.0 Å². The topological polar surface area (TPSA) is 52.3 Å². The smallest absolute Gasteiger partial charge is 0.228 e. The van der Waals surface area contributed by atoms with Crippen molar-refractivity contribution in [2.45, 2.75) is 5.79 Å². The molecule has 1 aliphatic heterocycles. The summed E-state index contributed by atoms with van der Waals surface area (Å²) in [7, 11) is 0. The summed E-state index contributed by atoms with van der Waals surface area (Å²) in [6.07, 6.45) is 0. The molecule has 0 radical (unpaired) electrons. The van der Waals surface area contributed by atoms with Crippen LogP contribution >= 0.6 is 0 Å². The summed E-state index contributed by atoms with van der Waals surface area (Å²) in [6, 6.07) is 17.5. The highest BCUT2D eigenvalue weighted by molar-refractivity contribution is 5.58. The van der Waals surface area contributed by atoms with Crippen LogP contribution in [0.3, 0.4) is 0 Å². The number of rotatable bonds is 4. The predicted molar refractivity (Wildman–Crippen MR) is 100.0 cm³/mol. The quantitative estimate of drug-likeness (QED) is 0.641. The van der Waals surface area contributed by atoms with E-state index in [1.165, 1.54) is 18.2 Å². The maximum absolute atomic E-state index is 13.5. The van der Waals surface area contributed by atoms with Crippen LogP contribution in [0.2, 0.25) is 0 Å². The predicted octanol–water partition coefficient (Wildman–Crippen LogP) is 5.12. The van der Waals surface area contributed by atoms with Crippen LogP contribution < -0.4 is 4.74 Å². The number of phenols is 1. The van der Waals surface area contributed by atoms with Crippen molar-refractivity contribution < 1.29 is 23.7 Å². The highest BCUT2D eigenvalue weighted by Crippen LogP contribution is 2.40. The zero-order valence-electron chi connectivity index (χ0n) is 14.8. The Kier molecular flexibility index (Phi) is 4.70. The molecule has 3 aromatic rings. The monoisotopic (exact) mass is 377 g/mol. The van der Waals surface area contributed by atoms with Crippen molar-refractivity contribution in [2.24, 2.45) is 0 Å². The summed E-state index contributed by atoms with van der Waals surface area (Å²) < 4.78 is 31.0. The molecule has 0 atom stereocenters. The fraction of sp³-hybridized carbons (Fsp3) is 0.136. The molecule has 140 valence electrons. The molecule has 0 spiro atoms. The molecule has 3 aromatic carbocycles. The van der Waals surface area contributed by atoms with Gasteiger partial charge in [-0.15, -0.1) is 0 Å². The minimum absolute atomic E-state index is 0.157. The Morgan fingerprint density at radius 1 is 0.929 bits per heavy atom. The molecule has 0 aromatic heterocycles. The van der Waals surface area contributed by atoms with Crippen molar-refractivity contribution in [3.05, 3.63) is 95.1 Å². The standard InChI is InChI=1S/C22H16FNO4/c1-24-20-11-6-17(23)14-21(20)28-19-9-4-16(5-10-19)22(26-12-13-27-22)15-2-7-18(25)8-3-15/h2-11,14,25H,12-13H2. The Bertz CT molecular complexity index is 1020. The van der Waals surface area contributed by atoms with Gasteiger partial charge in [0.1, 0.15) is 23.1 Å². The lowest BCUT2D eigenvalue weighted by Gasteiger charge is -2.28. The third kappa shape index (κ3) is 3.29. The summed E-state index contributed by atoms with van der Waals surface area (Å²) in [5.41, 5.74) is 1.75. The van der Waals surface area contributed by atoms with Crippen LogP contribution in [0.15, 0.2) is 66.7 Å². The molecule has 0 amide bonds. The molecule has 28 heavy (non-hydrogen) atoms. The Morgan fingerprint density at radius 3 is 2.14 bits per heavy atom. The fourth-order valence-corrected chi connectivity index (χ4v) is 3.12. The summed E-state index contributed by atoms with van der Waals surface area (Å²) >= 11 is 0. The normalized spacial score (nSPS) is 15.1. The lowest BCUT2D eigenvalue weighted by Crippen LogP contribution is -2.28. The zero-order valence-corrected chi connectivity index (χ0v) is 14.8. The van der Waals surface area contributed by atoms with Gasteiger partial charge in [-0.05, 0) is 60.7 Å². The molecule has 1 N–H and O–H groups in total. The average Bonchev–Trinajstić information content (AvgIpc) is 3.20. The van der Waals surface area contributed by atoms with Crippen LogP contribution in [0.1, 0.15) is 11.1 Å². The molecule has 1 fully saturated rings. The van der Waals surface area contributed by atoms with E-state index in [-0.39, 0.29) is 17.2 Å². The van der Waals surface area contributed by atoms with Crippen LogP contribution in [0, 0.1) is 12.4 Å². The lowest BCUT2D eigenvalue weighted by atomic mass is 9.97. The molecule has 0 aliphatic carbocycles. The van der Waals surface area contributed by atoms with Gasteiger partial charge in [-0.3, -0.25) is 0 Å². The molecular weight excluding hydrogens is 361 g/mol. The van der Waals surface area contributed by atoms with E-state index in [2.05, 4.69) is 4.85 Å². The summed E-state index contributed by atoms with van der Waals surface area (Å²) in [6.45, 7) is 8.06. The average molecular weight is 377 g/mol. The minimum atomic E-state index is -1.06. The molecule has 5 nitrogen and oxygen atoms in total. The van der Waals surface area contributed by atoms with Crippen molar-refractivity contribution in [1.29, 1.82) is 0 Å². The van der Waals surface area contributed by atoms with Gasteiger partial charge in [-0.25, -0.2) is 9.24 Å². The Morgan fingerprint density at radius 2 is 1.54 bits per heavy atom. The van der Waals surface area contributed by atoms with Crippen LogP contribution in [-0.4, -0.2) is 18.3 Å². The first-order chi connectivity index (χ1) is 13.6. The molecule has 4 rings (SSSR count).